The highest BCUT2D eigenvalue weighted by atomic mass is 32.2. The molecule has 3 rings (SSSR count). The maximum Gasteiger partial charge on any atom is 0.176 e. The molecule has 0 saturated heterocycles. The molecule has 0 bridgehead atoms. The summed E-state index contributed by atoms with van der Waals surface area (Å²) in [7, 11) is -3.47. The molecule has 0 unspecified atom stereocenters. The minimum Gasteiger partial charge on any atom is -0.247 e. The maximum absolute atomic E-state index is 13.9. The summed E-state index contributed by atoms with van der Waals surface area (Å²) in [6.45, 7) is 3.56. The molecule has 0 saturated carbocycles. The van der Waals surface area contributed by atoms with E-state index in [9.17, 15) is 17.2 Å². The predicted molar refractivity (Wildman–Crippen MR) is 89.7 cm³/mol. The highest BCUT2D eigenvalue weighted by Gasteiger charge is 2.18. The Morgan fingerprint density at radius 1 is 1.00 bits per heavy atom. The monoisotopic (exact) mass is 347 g/mol. The van der Waals surface area contributed by atoms with Gasteiger partial charge < -0.3 is 0 Å². The number of aromatic nitrogens is 1. The molecule has 0 aliphatic rings. The minimum absolute atomic E-state index is 0.139. The van der Waals surface area contributed by atoms with Crippen LogP contribution in [0.5, 0.6) is 0 Å². The lowest BCUT2D eigenvalue weighted by Gasteiger charge is -2.13. The molecular formula is C18H15F2NO2S. The van der Waals surface area contributed by atoms with Crippen LogP contribution in [0.3, 0.4) is 0 Å². The van der Waals surface area contributed by atoms with Crippen molar-refractivity contribution >= 4 is 20.7 Å². The van der Waals surface area contributed by atoms with Crippen molar-refractivity contribution in [3.63, 3.8) is 0 Å². The van der Waals surface area contributed by atoms with Gasteiger partial charge in [-0.3, -0.25) is 0 Å². The minimum atomic E-state index is -3.47. The van der Waals surface area contributed by atoms with Crippen molar-refractivity contribution in [1.82, 2.24) is 4.98 Å². The molecule has 24 heavy (non-hydrogen) atoms. The summed E-state index contributed by atoms with van der Waals surface area (Å²) in [5.41, 5.74) is 2.46. The Morgan fingerprint density at radius 3 is 2.38 bits per heavy atom. The SMILES string of the molecule is Cc1ccc(S(C)(=O)=O)c(-c2nc3cc(F)cc(F)c3cc2C)c1. The molecule has 1 aromatic heterocycles. The number of rotatable bonds is 2. The highest BCUT2D eigenvalue weighted by molar-refractivity contribution is 7.90. The zero-order valence-corrected chi connectivity index (χ0v) is 14.2. The van der Waals surface area contributed by atoms with Gasteiger partial charge in [-0.05, 0) is 37.6 Å². The normalized spacial score (nSPS) is 11.9. The molecule has 0 atom stereocenters. The molecule has 6 heteroatoms. The Hall–Kier alpha value is -2.34. The molecule has 0 aliphatic carbocycles. The smallest absolute Gasteiger partial charge is 0.176 e. The van der Waals surface area contributed by atoms with E-state index in [4.69, 9.17) is 0 Å². The second-order valence-corrected chi connectivity index (χ2v) is 7.86. The van der Waals surface area contributed by atoms with Crippen LogP contribution >= 0.6 is 0 Å². The van der Waals surface area contributed by atoms with Gasteiger partial charge in [0.05, 0.1) is 16.1 Å². The van der Waals surface area contributed by atoms with E-state index in [0.29, 0.717) is 16.8 Å². The average Bonchev–Trinajstić information content (AvgIpc) is 2.46. The van der Waals surface area contributed by atoms with Crippen LogP contribution in [0.25, 0.3) is 22.2 Å². The number of fused-ring (bicyclic) bond motifs is 1. The van der Waals surface area contributed by atoms with Gasteiger partial charge in [0.15, 0.2) is 9.84 Å². The molecule has 0 amide bonds. The number of halogens is 2. The second-order valence-electron chi connectivity index (χ2n) is 5.88. The van der Waals surface area contributed by atoms with E-state index < -0.39 is 21.5 Å². The number of sulfone groups is 1. The molecule has 0 spiro atoms. The number of nitrogens with zero attached hydrogens (tertiary/aromatic N) is 1. The molecular weight excluding hydrogens is 332 g/mol. The molecule has 3 aromatic rings. The fraction of sp³-hybridized carbons (Fsp3) is 0.167. The first-order valence-corrected chi connectivity index (χ1v) is 9.13. The molecule has 3 nitrogen and oxygen atoms in total. The van der Waals surface area contributed by atoms with Gasteiger partial charge in [0.25, 0.3) is 0 Å². The Balaban J connectivity index is 2.39. The van der Waals surface area contributed by atoms with Gasteiger partial charge in [-0.1, -0.05) is 11.6 Å². The van der Waals surface area contributed by atoms with Crippen LogP contribution in [0.4, 0.5) is 8.78 Å². The summed E-state index contributed by atoms with van der Waals surface area (Å²) >= 11 is 0. The van der Waals surface area contributed by atoms with Crippen LogP contribution in [-0.2, 0) is 9.84 Å². The van der Waals surface area contributed by atoms with Crippen molar-refractivity contribution < 1.29 is 17.2 Å². The third-order valence-corrected chi connectivity index (χ3v) is 4.98. The van der Waals surface area contributed by atoms with Crippen LogP contribution in [0.1, 0.15) is 11.1 Å². The Labute approximate surface area is 138 Å². The lowest BCUT2D eigenvalue weighted by molar-refractivity contribution is 0.591. The first-order valence-electron chi connectivity index (χ1n) is 7.24. The molecule has 0 radical (unpaired) electrons. The van der Waals surface area contributed by atoms with Gasteiger partial charge in [-0.15, -0.1) is 0 Å². The van der Waals surface area contributed by atoms with Crippen LogP contribution in [0, 0.1) is 25.5 Å². The van der Waals surface area contributed by atoms with Crippen molar-refractivity contribution in [2.75, 3.05) is 6.26 Å². The molecule has 2 aromatic carbocycles. The van der Waals surface area contributed by atoms with Crippen LogP contribution in [0.2, 0.25) is 0 Å². The highest BCUT2D eigenvalue weighted by Crippen LogP contribution is 2.32. The summed E-state index contributed by atoms with van der Waals surface area (Å²) in [6.07, 6.45) is 1.12. The van der Waals surface area contributed by atoms with Gasteiger partial charge >= 0.3 is 0 Å². The van der Waals surface area contributed by atoms with Crippen LogP contribution < -0.4 is 0 Å². The third-order valence-electron chi connectivity index (χ3n) is 3.83. The van der Waals surface area contributed by atoms with Gasteiger partial charge in [0.2, 0.25) is 0 Å². The third kappa shape index (κ3) is 2.89. The largest absolute Gasteiger partial charge is 0.247 e. The van der Waals surface area contributed by atoms with E-state index in [1.54, 1.807) is 25.1 Å². The Bertz CT molecular complexity index is 1080. The van der Waals surface area contributed by atoms with E-state index in [0.717, 1.165) is 24.0 Å². The summed E-state index contributed by atoms with van der Waals surface area (Å²) in [5, 5.41) is 0.200. The quantitative estimate of drug-likeness (QED) is 0.698. The van der Waals surface area contributed by atoms with Crippen LogP contribution in [-0.4, -0.2) is 19.7 Å². The van der Waals surface area contributed by atoms with E-state index in [1.807, 2.05) is 6.92 Å². The number of benzene rings is 2. The average molecular weight is 347 g/mol. The van der Waals surface area contributed by atoms with Gasteiger partial charge in [0.1, 0.15) is 11.6 Å². The van der Waals surface area contributed by atoms with E-state index >= 15 is 0 Å². The topological polar surface area (TPSA) is 47.0 Å². The molecule has 1 heterocycles. The zero-order valence-electron chi connectivity index (χ0n) is 13.4. The second kappa shape index (κ2) is 5.63. The van der Waals surface area contributed by atoms with Gasteiger partial charge in [-0.2, -0.15) is 0 Å². The summed E-state index contributed by atoms with van der Waals surface area (Å²) in [5.74, 6) is -1.42. The number of pyridine rings is 1. The fourth-order valence-electron chi connectivity index (χ4n) is 2.72. The fourth-order valence-corrected chi connectivity index (χ4v) is 3.60. The molecule has 0 N–H and O–H groups in total. The summed E-state index contributed by atoms with van der Waals surface area (Å²) < 4.78 is 51.6. The molecule has 124 valence electrons. The molecule has 0 fully saturated rings. The van der Waals surface area contributed by atoms with Gasteiger partial charge in [0, 0.05) is 29.3 Å². The lowest BCUT2D eigenvalue weighted by atomic mass is 10.0. The van der Waals surface area contributed by atoms with Crippen molar-refractivity contribution in [3.8, 4) is 11.3 Å². The first kappa shape index (κ1) is 16.5. The van der Waals surface area contributed by atoms with Crippen molar-refractivity contribution in [2.24, 2.45) is 0 Å². The Kier molecular flexibility index (Phi) is 3.87. The van der Waals surface area contributed by atoms with Gasteiger partial charge in [-0.25, -0.2) is 22.2 Å². The number of hydrogen-bond acceptors (Lipinski definition) is 3. The van der Waals surface area contributed by atoms with E-state index in [2.05, 4.69) is 4.98 Å². The predicted octanol–water partition coefficient (Wildman–Crippen LogP) is 4.20. The van der Waals surface area contributed by atoms with Crippen molar-refractivity contribution in [1.29, 1.82) is 0 Å². The van der Waals surface area contributed by atoms with Crippen molar-refractivity contribution in [2.45, 2.75) is 18.7 Å². The molecule has 0 aliphatic heterocycles. The first-order chi connectivity index (χ1) is 11.2. The standard InChI is InChI=1S/C18H15F2NO2S/c1-10-4-5-17(24(3,22)23)14(6-10)18-11(2)7-13-15(20)8-12(19)9-16(13)21-18/h4-9H,1-3H3. The maximum atomic E-state index is 13.9. The Morgan fingerprint density at radius 2 is 1.71 bits per heavy atom. The van der Waals surface area contributed by atoms with E-state index in [-0.39, 0.29) is 15.8 Å². The van der Waals surface area contributed by atoms with Crippen LogP contribution in [0.15, 0.2) is 41.3 Å². The number of aryl methyl sites for hydroxylation is 2. The lowest BCUT2D eigenvalue weighted by Crippen LogP contribution is -2.03. The summed E-state index contributed by atoms with van der Waals surface area (Å²) in [4.78, 5) is 4.48. The summed E-state index contributed by atoms with van der Waals surface area (Å²) in [6, 6.07) is 8.44. The number of hydrogen-bond donors (Lipinski definition) is 0. The zero-order chi connectivity index (χ0) is 17.6. The van der Waals surface area contributed by atoms with E-state index in [1.165, 1.54) is 6.07 Å². The van der Waals surface area contributed by atoms with Crippen molar-refractivity contribution in [3.05, 3.63) is 59.2 Å².